The maximum Gasteiger partial charge on any atom is 0.0488 e. The largest absolute Gasteiger partial charge is 0.344 e. The van der Waals surface area contributed by atoms with Crippen LogP contribution < -0.4 is 10.6 Å². The van der Waals surface area contributed by atoms with Gasteiger partial charge in [0, 0.05) is 28.5 Å². The Bertz CT molecular complexity index is 546. The van der Waals surface area contributed by atoms with Gasteiger partial charge in [-0.25, -0.2) is 0 Å². The summed E-state index contributed by atoms with van der Waals surface area (Å²) < 4.78 is 2.13. The minimum Gasteiger partial charge on any atom is -0.344 e. The van der Waals surface area contributed by atoms with Gasteiger partial charge in [-0.3, -0.25) is 0 Å². The van der Waals surface area contributed by atoms with E-state index in [9.17, 15) is 0 Å². The van der Waals surface area contributed by atoms with Crippen LogP contribution in [0.2, 0.25) is 0 Å². The van der Waals surface area contributed by atoms with Gasteiger partial charge in [0.1, 0.15) is 0 Å². The molecule has 0 aliphatic rings. The number of hydrogen-bond donors (Lipinski definition) is 0. The SMILES string of the molecule is C=c1/c(=C\C)c2ccccc2n1C. The molecule has 1 heterocycles. The monoisotopic (exact) mass is 171 g/mol. The first-order valence-electron chi connectivity index (χ1n) is 4.44. The van der Waals surface area contributed by atoms with Gasteiger partial charge < -0.3 is 4.57 Å². The van der Waals surface area contributed by atoms with Crippen molar-refractivity contribution in [3.63, 3.8) is 0 Å². The Morgan fingerprint density at radius 2 is 2.00 bits per heavy atom. The molecular weight excluding hydrogens is 158 g/mol. The van der Waals surface area contributed by atoms with E-state index in [0.29, 0.717) is 0 Å². The van der Waals surface area contributed by atoms with Gasteiger partial charge in [-0.05, 0) is 13.0 Å². The Morgan fingerprint density at radius 3 is 2.69 bits per heavy atom. The fourth-order valence-corrected chi connectivity index (χ4v) is 1.80. The first kappa shape index (κ1) is 8.11. The van der Waals surface area contributed by atoms with Crippen molar-refractivity contribution in [1.29, 1.82) is 0 Å². The Labute approximate surface area is 77.6 Å². The third-order valence-corrected chi connectivity index (χ3v) is 2.56. The van der Waals surface area contributed by atoms with Gasteiger partial charge in [0.25, 0.3) is 0 Å². The number of hydrogen-bond acceptors (Lipinski definition) is 0. The van der Waals surface area contributed by atoms with E-state index in [4.69, 9.17) is 0 Å². The number of rotatable bonds is 0. The number of benzene rings is 1. The molecule has 0 bridgehead atoms. The van der Waals surface area contributed by atoms with E-state index in [1.54, 1.807) is 0 Å². The lowest BCUT2D eigenvalue weighted by Gasteiger charge is -1.93. The van der Waals surface area contributed by atoms with E-state index in [0.717, 1.165) is 5.35 Å². The fourth-order valence-electron chi connectivity index (χ4n) is 1.80. The predicted octanol–water partition coefficient (Wildman–Crippen LogP) is 1.39. The van der Waals surface area contributed by atoms with Gasteiger partial charge in [-0.2, -0.15) is 0 Å². The molecule has 2 aromatic rings. The molecule has 0 atom stereocenters. The number of para-hydroxylation sites is 1. The Balaban J connectivity index is 3.18. The van der Waals surface area contributed by atoms with Crippen molar-refractivity contribution in [2.45, 2.75) is 6.92 Å². The summed E-state index contributed by atoms with van der Waals surface area (Å²) in [7, 11) is 2.05. The molecule has 0 saturated carbocycles. The van der Waals surface area contributed by atoms with Gasteiger partial charge in [0.05, 0.1) is 0 Å². The second-order valence-corrected chi connectivity index (χ2v) is 3.23. The van der Waals surface area contributed by atoms with Gasteiger partial charge in [0.2, 0.25) is 0 Å². The smallest absolute Gasteiger partial charge is 0.0488 e. The van der Waals surface area contributed by atoms with Crippen LogP contribution in [0.4, 0.5) is 0 Å². The molecule has 0 aliphatic carbocycles. The Hall–Kier alpha value is -1.50. The molecule has 0 N–H and O–H groups in total. The predicted molar refractivity (Wildman–Crippen MR) is 57.8 cm³/mol. The molecule has 1 aromatic carbocycles. The van der Waals surface area contributed by atoms with E-state index in [-0.39, 0.29) is 0 Å². The minimum atomic E-state index is 1.09. The van der Waals surface area contributed by atoms with Crippen molar-refractivity contribution in [2.24, 2.45) is 7.05 Å². The van der Waals surface area contributed by atoms with Crippen LogP contribution in [0.5, 0.6) is 0 Å². The average molecular weight is 171 g/mol. The molecule has 0 unspecified atom stereocenters. The van der Waals surface area contributed by atoms with Crippen molar-refractivity contribution in [2.75, 3.05) is 0 Å². The highest BCUT2D eigenvalue weighted by atomic mass is 14.9. The molecule has 1 heteroatoms. The van der Waals surface area contributed by atoms with Crippen molar-refractivity contribution >= 4 is 23.6 Å². The number of aryl methyl sites for hydroxylation is 1. The van der Waals surface area contributed by atoms with Crippen LogP contribution in [-0.4, -0.2) is 4.57 Å². The van der Waals surface area contributed by atoms with Crippen LogP contribution in [0.25, 0.3) is 23.6 Å². The molecule has 1 aromatic heterocycles. The van der Waals surface area contributed by atoms with Gasteiger partial charge >= 0.3 is 0 Å². The van der Waals surface area contributed by atoms with Crippen molar-refractivity contribution in [1.82, 2.24) is 4.57 Å². The molecule has 0 radical (unpaired) electrons. The van der Waals surface area contributed by atoms with Crippen LogP contribution in [0.3, 0.4) is 0 Å². The first-order chi connectivity index (χ1) is 6.25. The molecule has 0 aliphatic heterocycles. The molecule has 13 heavy (non-hydrogen) atoms. The maximum atomic E-state index is 4.06. The zero-order chi connectivity index (χ0) is 9.42. The van der Waals surface area contributed by atoms with E-state index in [1.165, 1.54) is 16.1 Å². The van der Waals surface area contributed by atoms with Crippen LogP contribution in [0, 0.1) is 0 Å². The first-order valence-corrected chi connectivity index (χ1v) is 4.44. The second kappa shape index (κ2) is 2.77. The Morgan fingerprint density at radius 1 is 1.31 bits per heavy atom. The number of fused-ring (bicyclic) bond motifs is 1. The summed E-state index contributed by atoms with van der Waals surface area (Å²) in [6, 6.07) is 8.38. The molecular formula is C12H13N. The minimum absolute atomic E-state index is 1.09. The van der Waals surface area contributed by atoms with Crippen molar-refractivity contribution in [3.05, 3.63) is 34.8 Å². The average Bonchev–Trinajstić information content (AvgIpc) is 2.41. The highest BCUT2D eigenvalue weighted by molar-refractivity contribution is 5.81. The number of nitrogens with zero attached hydrogens (tertiary/aromatic N) is 1. The summed E-state index contributed by atoms with van der Waals surface area (Å²) in [5, 5.41) is 3.62. The zero-order valence-electron chi connectivity index (χ0n) is 8.04. The normalized spacial score (nSPS) is 12.6. The Kier molecular flexibility index (Phi) is 1.73. The van der Waals surface area contributed by atoms with E-state index >= 15 is 0 Å². The lowest BCUT2D eigenvalue weighted by molar-refractivity contribution is 0.928. The molecule has 66 valence electrons. The third kappa shape index (κ3) is 1.00. The molecule has 2 rings (SSSR count). The van der Waals surface area contributed by atoms with Crippen LogP contribution in [-0.2, 0) is 7.05 Å². The molecule has 0 amide bonds. The topological polar surface area (TPSA) is 4.93 Å². The van der Waals surface area contributed by atoms with E-state index in [2.05, 4.69) is 55.5 Å². The quantitative estimate of drug-likeness (QED) is 0.564. The maximum absolute atomic E-state index is 4.06. The summed E-state index contributed by atoms with van der Waals surface area (Å²) in [6.45, 7) is 6.11. The molecule has 0 fully saturated rings. The highest BCUT2D eigenvalue weighted by Crippen LogP contribution is 2.05. The molecule has 0 spiro atoms. The summed E-state index contributed by atoms with van der Waals surface area (Å²) in [6.07, 6.45) is 2.12. The van der Waals surface area contributed by atoms with Crippen molar-refractivity contribution in [3.8, 4) is 0 Å². The summed E-state index contributed by atoms with van der Waals surface area (Å²) in [5.74, 6) is 0. The lowest BCUT2D eigenvalue weighted by Crippen LogP contribution is -2.25. The second-order valence-electron chi connectivity index (χ2n) is 3.23. The van der Waals surface area contributed by atoms with Crippen LogP contribution >= 0.6 is 0 Å². The lowest BCUT2D eigenvalue weighted by atomic mass is 10.2. The summed E-state index contributed by atoms with van der Waals surface area (Å²) >= 11 is 0. The van der Waals surface area contributed by atoms with Gasteiger partial charge in [-0.1, -0.05) is 30.9 Å². The van der Waals surface area contributed by atoms with Crippen LogP contribution in [0.15, 0.2) is 24.3 Å². The molecule has 0 saturated heterocycles. The van der Waals surface area contributed by atoms with Gasteiger partial charge in [-0.15, -0.1) is 0 Å². The van der Waals surface area contributed by atoms with Crippen LogP contribution in [0.1, 0.15) is 6.92 Å². The number of aromatic nitrogens is 1. The fraction of sp³-hybridized carbons (Fsp3) is 0.167. The van der Waals surface area contributed by atoms with Crippen molar-refractivity contribution < 1.29 is 0 Å². The van der Waals surface area contributed by atoms with E-state index < -0.39 is 0 Å². The molecule has 1 nitrogen and oxygen atoms in total. The van der Waals surface area contributed by atoms with Gasteiger partial charge in [0.15, 0.2) is 0 Å². The summed E-state index contributed by atoms with van der Waals surface area (Å²) in [5.41, 5.74) is 1.25. The third-order valence-electron chi connectivity index (χ3n) is 2.56. The van der Waals surface area contributed by atoms with E-state index in [1.807, 2.05) is 0 Å². The summed E-state index contributed by atoms with van der Waals surface area (Å²) in [4.78, 5) is 0. The zero-order valence-corrected chi connectivity index (χ0v) is 8.04. The highest BCUT2D eigenvalue weighted by Gasteiger charge is 1.99. The standard InChI is InChI=1S/C12H13N/c1-4-10-9(2)13(3)12-8-6-5-7-11(10)12/h4-8H,2H2,1,3H3/b10-4+.